The first-order valence-electron chi connectivity index (χ1n) is 17.4. The molecule has 0 atom stereocenters. The molecular formula is C48H30N2O. The van der Waals surface area contributed by atoms with E-state index >= 15 is 0 Å². The van der Waals surface area contributed by atoms with E-state index in [1.54, 1.807) is 0 Å². The summed E-state index contributed by atoms with van der Waals surface area (Å²) in [5.41, 5.74) is 13.5. The molecule has 3 heteroatoms. The molecule has 0 aliphatic carbocycles. The van der Waals surface area contributed by atoms with E-state index in [2.05, 4.69) is 179 Å². The van der Waals surface area contributed by atoms with E-state index in [9.17, 15) is 0 Å². The van der Waals surface area contributed by atoms with Crippen molar-refractivity contribution in [2.75, 3.05) is 0 Å². The third-order valence-corrected chi connectivity index (χ3v) is 10.5. The van der Waals surface area contributed by atoms with Crippen LogP contribution in [0.25, 0.3) is 99.2 Å². The van der Waals surface area contributed by atoms with E-state index < -0.39 is 0 Å². The van der Waals surface area contributed by atoms with Gasteiger partial charge < -0.3 is 13.6 Å². The van der Waals surface area contributed by atoms with Crippen LogP contribution in [-0.2, 0) is 0 Å². The molecule has 0 unspecified atom stereocenters. The van der Waals surface area contributed by atoms with Crippen molar-refractivity contribution in [1.29, 1.82) is 0 Å². The Labute approximate surface area is 293 Å². The number of nitrogens with zero attached hydrogens (tertiary/aromatic N) is 2. The summed E-state index contributed by atoms with van der Waals surface area (Å²) in [5, 5.41) is 7.25. The Morgan fingerprint density at radius 1 is 0.294 bits per heavy atom. The van der Waals surface area contributed by atoms with Gasteiger partial charge in [-0.15, -0.1) is 0 Å². The topological polar surface area (TPSA) is 23.0 Å². The summed E-state index contributed by atoms with van der Waals surface area (Å²) in [6.07, 6.45) is 0. The predicted molar refractivity (Wildman–Crippen MR) is 213 cm³/mol. The fraction of sp³-hybridized carbons (Fsp3) is 0. The van der Waals surface area contributed by atoms with Crippen LogP contribution in [-0.4, -0.2) is 9.13 Å². The van der Waals surface area contributed by atoms with Gasteiger partial charge in [0.25, 0.3) is 0 Å². The number of furan rings is 1. The lowest BCUT2D eigenvalue weighted by Crippen LogP contribution is -2.00. The quantitative estimate of drug-likeness (QED) is 0.186. The van der Waals surface area contributed by atoms with Gasteiger partial charge in [0, 0.05) is 43.7 Å². The summed E-state index contributed by atoms with van der Waals surface area (Å²) >= 11 is 0. The van der Waals surface area contributed by atoms with Gasteiger partial charge in [-0.3, -0.25) is 0 Å². The van der Waals surface area contributed by atoms with Crippen molar-refractivity contribution >= 4 is 65.6 Å². The van der Waals surface area contributed by atoms with E-state index in [4.69, 9.17) is 4.42 Å². The summed E-state index contributed by atoms with van der Waals surface area (Å²) in [4.78, 5) is 0. The molecule has 0 saturated carbocycles. The SMILES string of the molecule is c1ccc(-c2ccc3oc4ccccc4c3c2)c(-c2cc(-n3c4ccccc4c4ccccc43)cc(-n3c4ccccc4c4ccccc43)c2)c1. The zero-order chi connectivity index (χ0) is 33.5. The Morgan fingerprint density at radius 2 is 0.706 bits per heavy atom. The van der Waals surface area contributed by atoms with Gasteiger partial charge >= 0.3 is 0 Å². The number of rotatable bonds is 4. The molecule has 3 aromatic heterocycles. The molecule has 11 aromatic rings. The first-order chi connectivity index (χ1) is 25.3. The van der Waals surface area contributed by atoms with Crippen LogP contribution >= 0.6 is 0 Å². The minimum Gasteiger partial charge on any atom is -0.456 e. The molecule has 0 saturated heterocycles. The van der Waals surface area contributed by atoms with Crippen molar-refractivity contribution in [3.05, 3.63) is 182 Å². The summed E-state index contributed by atoms with van der Waals surface area (Å²) in [6.45, 7) is 0. The highest BCUT2D eigenvalue weighted by Crippen LogP contribution is 2.41. The standard InChI is InChI=1S/C48H30N2O/c1-2-14-36(35(13-1)31-25-26-48-42(29-31)41-19-7-12-24-47(41)51-48)32-27-33(49-43-20-8-3-15-37(43)38-16-4-9-21-44(38)49)30-34(28-32)50-45-22-10-5-17-39(45)40-18-6-11-23-46(40)50/h1-30H. The third-order valence-electron chi connectivity index (χ3n) is 10.5. The van der Waals surface area contributed by atoms with E-state index in [1.165, 1.54) is 54.7 Å². The van der Waals surface area contributed by atoms with Gasteiger partial charge in [-0.25, -0.2) is 0 Å². The van der Waals surface area contributed by atoms with Crippen molar-refractivity contribution in [3.8, 4) is 33.6 Å². The first-order valence-corrected chi connectivity index (χ1v) is 17.4. The van der Waals surface area contributed by atoms with Crippen molar-refractivity contribution in [3.63, 3.8) is 0 Å². The molecule has 3 heterocycles. The molecular weight excluding hydrogens is 621 g/mol. The van der Waals surface area contributed by atoms with Crippen LogP contribution in [0, 0.1) is 0 Å². The maximum absolute atomic E-state index is 6.21. The second-order valence-electron chi connectivity index (χ2n) is 13.3. The Balaban J connectivity index is 1.22. The second-order valence-corrected chi connectivity index (χ2v) is 13.3. The van der Waals surface area contributed by atoms with Crippen LogP contribution in [0.3, 0.4) is 0 Å². The van der Waals surface area contributed by atoms with Crippen molar-refractivity contribution in [2.45, 2.75) is 0 Å². The smallest absolute Gasteiger partial charge is 0.135 e. The highest BCUT2D eigenvalue weighted by atomic mass is 16.3. The number of hydrogen-bond acceptors (Lipinski definition) is 1. The highest BCUT2D eigenvalue weighted by Gasteiger charge is 2.19. The zero-order valence-electron chi connectivity index (χ0n) is 27.6. The summed E-state index contributed by atoms with van der Waals surface area (Å²) < 4.78 is 11.1. The molecule has 0 aliphatic heterocycles. The number of fused-ring (bicyclic) bond motifs is 9. The number of aromatic nitrogens is 2. The molecule has 0 bridgehead atoms. The van der Waals surface area contributed by atoms with Crippen LogP contribution in [0.5, 0.6) is 0 Å². The molecule has 0 aliphatic rings. The minimum absolute atomic E-state index is 0.902. The van der Waals surface area contributed by atoms with Gasteiger partial charge in [-0.2, -0.15) is 0 Å². The molecule has 3 nitrogen and oxygen atoms in total. The molecule has 0 N–H and O–H groups in total. The molecule has 0 spiro atoms. The predicted octanol–water partition coefficient (Wildman–Crippen LogP) is 13.1. The molecule has 0 fully saturated rings. The fourth-order valence-electron chi connectivity index (χ4n) is 8.29. The van der Waals surface area contributed by atoms with Gasteiger partial charge in [-0.05, 0) is 82.9 Å². The molecule has 8 aromatic carbocycles. The first kappa shape index (κ1) is 28.0. The maximum Gasteiger partial charge on any atom is 0.135 e. The summed E-state index contributed by atoms with van der Waals surface area (Å²) in [6, 6.07) is 65.7. The van der Waals surface area contributed by atoms with Gasteiger partial charge in [0.15, 0.2) is 0 Å². The zero-order valence-corrected chi connectivity index (χ0v) is 27.6. The fourth-order valence-corrected chi connectivity index (χ4v) is 8.29. The second kappa shape index (κ2) is 10.8. The van der Waals surface area contributed by atoms with Crippen molar-refractivity contribution in [1.82, 2.24) is 9.13 Å². The van der Waals surface area contributed by atoms with Gasteiger partial charge in [0.05, 0.1) is 22.1 Å². The van der Waals surface area contributed by atoms with E-state index in [0.29, 0.717) is 0 Å². The monoisotopic (exact) mass is 650 g/mol. The lowest BCUT2D eigenvalue weighted by atomic mass is 9.93. The van der Waals surface area contributed by atoms with Crippen LogP contribution in [0.4, 0.5) is 0 Å². The third kappa shape index (κ3) is 4.19. The number of para-hydroxylation sites is 5. The number of benzene rings is 8. The molecule has 0 amide bonds. The van der Waals surface area contributed by atoms with E-state index in [1.807, 2.05) is 12.1 Å². The minimum atomic E-state index is 0.902. The molecule has 11 rings (SSSR count). The molecule has 0 radical (unpaired) electrons. The highest BCUT2D eigenvalue weighted by molar-refractivity contribution is 6.11. The summed E-state index contributed by atoms with van der Waals surface area (Å²) in [5.74, 6) is 0. The normalized spacial score (nSPS) is 11.9. The maximum atomic E-state index is 6.21. The van der Waals surface area contributed by atoms with Crippen LogP contribution in [0.2, 0.25) is 0 Å². The van der Waals surface area contributed by atoms with Crippen molar-refractivity contribution in [2.24, 2.45) is 0 Å². The Hall–Kier alpha value is -6.84. The Bertz CT molecular complexity index is 2920. The average Bonchev–Trinajstić information content (AvgIpc) is 3.85. The molecule has 51 heavy (non-hydrogen) atoms. The van der Waals surface area contributed by atoms with E-state index in [-0.39, 0.29) is 0 Å². The van der Waals surface area contributed by atoms with Crippen molar-refractivity contribution < 1.29 is 4.42 Å². The molecule has 238 valence electrons. The summed E-state index contributed by atoms with van der Waals surface area (Å²) in [7, 11) is 0. The van der Waals surface area contributed by atoms with Crippen LogP contribution in [0.15, 0.2) is 186 Å². The lowest BCUT2D eigenvalue weighted by molar-refractivity contribution is 0.669. The largest absolute Gasteiger partial charge is 0.456 e. The average molecular weight is 651 g/mol. The lowest BCUT2D eigenvalue weighted by Gasteiger charge is -2.17. The van der Waals surface area contributed by atoms with Crippen LogP contribution < -0.4 is 0 Å². The Morgan fingerprint density at radius 3 is 1.24 bits per heavy atom. The van der Waals surface area contributed by atoms with Crippen LogP contribution in [0.1, 0.15) is 0 Å². The van der Waals surface area contributed by atoms with Gasteiger partial charge in [0.2, 0.25) is 0 Å². The van der Waals surface area contributed by atoms with Gasteiger partial charge in [0.1, 0.15) is 11.2 Å². The van der Waals surface area contributed by atoms with E-state index in [0.717, 1.165) is 44.4 Å². The van der Waals surface area contributed by atoms with Gasteiger partial charge in [-0.1, -0.05) is 121 Å². The Kier molecular flexibility index (Phi) is 5.96. The number of hydrogen-bond donors (Lipinski definition) is 0.